The van der Waals surface area contributed by atoms with Crippen molar-refractivity contribution in [3.8, 4) is 0 Å². The third-order valence-electron chi connectivity index (χ3n) is 2.94. The van der Waals surface area contributed by atoms with E-state index >= 15 is 0 Å². The summed E-state index contributed by atoms with van der Waals surface area (Å²) in [4.78, 5) is 24.1. The fourth-order valence-electron chi connectivity index (χ4n) is 2.02. The fourth-order valence-corrected chi connectivity index (χ4v) is 2.02. The zero-order chi connectivity index (χ0) is 12.4. The SMILES string of the molecule is CCc1ccc(N2CC(=O)OC(=O)C2)cc1C. The number of anilines is 1. The number of carbonyl (C=O) groups excluding carboxylic acids is 2. The Balaban J connectivity index is 2.25. The zero-order valence-corrected chi connectivity index (χ0v) is 10.0. The second kappa shape index (κ2) is 4.57. The normalized spacial score (nSPS) is 16.0. The number of carbonyl (C=O) groups is 2. The van der Waals surface area contributed by atoms with Crippen LogP contribution >= 0.6 is 0 Å². The molecule has 0 unspecified atom stereocenters. The molecule has 4 heteroatoms. The van der Waals surface area contributed by atoms with Gasteiger partial charge in [-0.05, 0) is 36.6 Å². The Kier molecular flexibility index (Phi) is 3.13. The fraction of sp³-hybridized carbons (Fsp3) is 0.385. The van der Waals surface area contributed by atoms with Crippen LogP contribution < -0.4 is 4.90 Å². The van der Waals surface area contributed by atoms with Crippen LogP contribution in [0.25, 0.3) is 0 Å². The number of aryl methyl sites for hydroxylation is 2. The van der Waals surface area contributed by atoms with Crippen molar-refractivity contribution in [2.75, 3.05) is 18.0 Å². The van der Waals surface area contributed by atoms with Gasteiger partial charge in [0.2, 0.25) is 0 Å². The van der Waals surface area contributed by atoms with E-state index in [4.69, 9.17) is 0 Å². The van der Waals surface area contributed by atoms with Gasteiger partial charge < -0.3 is 9.64 Å². The summed E-state index contributed by atoms with van der Waals surface area (Å²) >= 11 is 0. The highest BCUT2D eigenvalue weighted by Gasteiger charge is 2.24. The summed E-state index contributed by atoms with van der Waals surface area (Å²) in [6, 6.07) is 5.98. The zero-order valence-electron chi connectivity index (χ0n) is 10.0. The van der Waals surface area contributed by atoms with E-state index in [1.165, 1.54) is 11.1 Å². The molecular weight excluding hydrogens is 218 g/mol. The molecule has 1 aliphatic rings. The second-order valence-electron chi connectivity index (χ2n) is 4.17. The maximum atomic E-state index is 11.2. The Labute approximate surface area is 100 Å². The summed E-state index contributed by atoms with van der Waals surface area (Å²) in [6.07, 6.45) is 0.979. The highest BCUT2D eigenvalue weighted by molar-refractivity contribution is 5.94. The first-order valence-electron chi connectivity index (χ1n) is 5.68. The third-order valence-corrected chi connectivity index (χ3v) is 2.94. The average Bonchev–Trinajstić information content (AvgIpc) is 2.27. The summed E-state index contributed by atoms with van der Waals surface area (Å²) in [7, 11) is 0. The van der Waals surface area contributed by atoms with Gasteiger partial charge in [0, 0.05) is 5.69 Å². The van der Waals surface area contributed by atoms with Crippen LogP contribution in [0.1, 0.15) is 18.1 Å². The van der Waals surface area contributed by atoms with Crippen molar-refractivity contribution in [2.24, 2.45) is 0 Å². The van der Waals surface area contributed by atoms with Gasteiger partial charge in [-0.1, -0.05) is 13.0 Å². The van der Waals surface area contributed by atoms with Crippen molar-refractivity contribution in [3.05, 3.63) is 29.3 Å². The number of rotatable bonds is 2. The predicted octanol–water partition coefficient (Wildman–Crippen LogP) is 1.45. The van der Waals surface area contributed by atoms with E-state index in [0.717, 1.165) is 12.1 Å². The Morgan fingerprint density at radius 2 is 1.88 bits per heavy atom. The molecule has 0 aromatic heterocycles. The van der Waals surface area contributed by atoms with Crippen LogP contribution in [0.2, 0.25) is 0 Å². The van der Waals surface area contributed by atoms with Gasteiger partial charge in [0.25, 0.3) is 0 Å². The highest BCUT2D eigenvalue weighted by Crippen LogP contribution is 2.20. The maximum absolute atomic E-state index is 11.2. The van der Waals surface area contributed by atoms with E-state index in [1.54, 1.807) is 4.90 Å². The number of hydrogen-bond acceptors (Lipinski definition) is 4. The van der Waals surface area contributed by atoms with Crippen LogP contribution in [-0.2, 0) is 20.7 Å². The lowest BCUT2D eigenvalue weighted by molar-refractivity contribution is -0.160. The standard InChI is InChI=1S/C13H15NO3/c1-3-10-4-5-11(6-9(10)2)14-7-12(15)17-13(16)8-14/h4-6H,3,7-8H2,1-2H3. The summed E-state index contributed by atoms with van der Waals surface area (Å²) < 4.78 is 4.49. The van der Waals surface area contributed by atoms with Crippen molar-refractivity contribution >= 4 is 17.6 Å². The molecule has 0 atom stereocenters. The third kappa shape index (κ3) is 2.46. The number of nitrogens with zero attached hydrogens (tertiary/aromatic N) is 1. The molecule has 2 rings (SSSR count). The first-order valence-corrected chi connectivity index (χ1v) is 5.68. The Morgan fingerprint density at radius 1 is 1.24 bits per heavy atom. The molecular formula is C13H15NO3. The molecule has 4 nitrogen and oxygen atoms in total. The van der Waals surface area contributed by atoms with Crippen molar-refractivity contribution in [3.63, 3.8) is 0 Å². The van der Waals surface area contributed by atoms with Gasteiger partial charge in [-0.25, -0.2) is 9.59 Å². The van der Waals surface area contributed by atoms with Crippen LogP contribution in [-0.4, -0.2) is 25.0 Å². The molecule has 1 aromatic carbocycles. The van der Waals surface area contributed by atoms with E-state index in [9.17, 15) is 9.59 Å². The van der Waals surface area contributed by atoms with E-state index in [0.29, 0.717) is 0 Å². The van der Waals surface area contributed by atoms with E-state index in [2.05, 4.69) is 11.7 Å². The van der Waals surface area contributed by atoms with Crippen molar-refractivity contribution in [2.45, 2.75) is 20.3 Å². The number of hydrogen-bond donors (Lipinski definition) is 0. The minimum absolute atomic E-state index is 0.136. The molecule has 0 N–H and O–H groups in total. The van der Waals surface area contributed by atoms with Crippen LogP contribution in [0.15, 0.2) is 18.2 Å². The van der Waals surface area contributed by atoms with E-state index in [-0.39, 0.29) is 13.1 Å². The summed E-state index contributed by atoms with van der Waals surface area (Å²) in [5, 5.41) is 0. The monoisotopic (exact) mass is 233 g/mol. The van der Waals surface area contributed by atoms with Gasteiger partial charge in [0.05, 0.1) is 0 Å². The molecule has 1 aliphatic heterocycles. The number of esters is 2. The van der Waals surface area contributed by atoms with Crippen LogP contribution in [0.4, 0.5) is 5.69 Å². The van der Waals surface area contributed by atoms with Crippen LogP contribution in [0.5, 0.6) is 0 Å². The topological polar surface area (TPSA) is 46.6 Å². The number of ether oxygens (including phenoxy) is 1. The largest absolute Gasteiger partial charge is 0.390 e. The highest BCUT2D eigenvalue weighted by atomic mass is 16.6. The lowest BCUT2D eigenvalue weighted by Crippen LogP contribution is -2.43. The van der Waals surface area contributed by atoms with Crippen LogP contribution in [0, 0.1) is 6.92 Å². The number of cyclic esters (lactones) is 2. The average molecular weight is 233 g/mol. The maximum Gasteiger partial charge on any atom is 0.333 e. The summed E-state index contributed by atoms with van der Waals surface area (Å²) in [5.41, 5.74) is 3.35. The Morgan fingerprint density at radius 3 is 2.41 bits per heavy atom. The number of morpholine rings is 1. The summed E-state index contributed by atoms with van der Waals surface area (Å²) in [6.45, 7) is 4.41. The molecule has 1 heterocycles. The molecule has 17 heavy (non-hydrogen) atoms. The van der Waals surface area contributed by atoms with E-state index < -0.39 is 11.9 Å². The lowest BCUT2D eigenvalue weighted by atomic mass is 10.1. The van der Waals surface area contributed by atoms with Gasteiger partial charge in [0.1, 0.15) is 13.1 Å². The molecule has 1 fully saturated rings. The van der Waals surface area contributed by atoms with Gasteiger partial charge in [-0.3, -0.25) is 0 Å². The van der Waals surface area contributed by atoms with Gasteiger partial charge in [-0.15, -0.1) is 0 Å². The quantitative estimate of drug-likeness (QED) is 0.573. The molecule has 0 amide bonds. The first-order chi connectivity index (χ1) is 8.10. The molecule has 0 spiro atoms. The molecule has 0 aliphatic carbocycles. The molecule has 1 aromatic rings. The van der Waals surface area contributed by atoms with E-state index in [1.807, 2.05) is 25.1 Å². The van der Waals surface area contributed by atoms with Crippen molar-refractivity contribution in [1.29, 1.82) is 0 Å². The van der Waals surface area contributed by atoms with Gasteiger partial charge in [-0.2, -0.15) is 0 Å². The van der Waals surface area contributed by atoms with Crippen molar-refractivity contribution < 1.29 is 14.3 Å². The Hall–Kier alpha value is -1.84. The minimum atomic E-state index is -0.488. The molecule has 0 saturated carbocycles. The molecule has 0 bridgehead atoms. The summed E-state index contributed by atoms with van der Waals surface area (Å²) in [5.74, 6) is -0.975. The molecule has 1 saturated heterocycles. The van der Waals surface area contributed by atoms with Crippen LogP contribution in [0.3, 0.4) is 0 Å². The second-order valence-corrected chi connectivity index (χ2v) is 4.17. The lowest BCUT2D eigenvalue weighted by Gasteiger charge is -2.26. The first kappa shape index (κ1) is 11.6. The van der Waals surface area contributed by atoms with Gasteiger partial charge in [0.15, 0.2) is 0 Å². The van der Waals surface area contributed by atoms with Crippen molar-refractivity contribution in [1.82, 2.24) is 0 Å². The Bertz CT molecular complexity index is 452. The molecule has 90 valence electrons. The van der Waals surface area contributed by atoms with Gasteiger partial charge >= 0.3 is 11.9 Å². The predicted molar refractivity (Wildman–Crippen MR) is 63.9 cm³/mol. The smallest absolute Gasteiger partial charge is 0.333 e. The number of benzene rings is 1. The molecule has 0 radical (unpaired) electrons. The minimum Gasteiger partial charge on any atom is -0.390 e.